The lowest BCUT2D eigenvalue weighted by Crippen LogP contribution is -1.98. The van der Waals surface area contributed by atoms with Crippen molar-refractivity contribution in [1.82, 2.24) is 0 Å². The van der Waals surface area contributed by atoms with Crippen LogP contribution in [0.5, 0.6) is 0 Å². The predicted molar refractivity (Wildman–Crippen MR) is 49.0 cm³/mol. The largest absolute Gasteiger partial charge is 0.512 e. The fourth-order valence-corrected chi connectivity index (χ4v) is 1.10. The van der Waals surface area contributed by atoms with Crippen LogP contribution in [0.2, 0.25) is 0 Å². The summed E-state index contributed by atoms with van der Waals surface area (Å²) in [4.78, 5) is 10.6. The molecule has 0 aromatic carbocycles. The summed E-state index contributed by atoms with van der Waals surface area (Å²) in [6.45, 7) is 3.22. The van der Waals surface area contributed by atoms with Crippen LogP contribution in [0.15, 0.2) is 23.2 Å². The molecule has 0 radical (unpaired) electrons. The van der Waals surface area contributed by atoms with Gasteiger partial charge >= 0.3 is 5.97 Å². The van der Waals surface area contributed by atoms with Crippen LogP contribution in [0.4, 0.5) is 0 Å². The van der Waals surface area contributed by atoms with Crippen LogP contribution in [0.1, 0.15) is 33.1 Å². The van der Waals surface area contributed by atoms with Crippen molar-refractivity contribution in [2.45, 2.75) is 33.1 Å². The summed E-state index contributed by atoms with van der Waals surface area (Å²) >= 11 is 0. The Morgan fingerprint density at radius 1 is 1.69 bits per heavy atom. The van der Waals surface area contributed by atoms with E-state index in [0.717, 1.165) is 18.4 Å². The van der Waals surface area contributed by atoms with Crippen molar-refractivity contribution in [2.75, 3.05) is 0 Å². The van der Waals surface area contributed by atoms with Crippen LogP contribution in [-0.4, -0.2) is 11.1 Å². The molecule has 0 unspecified atom stereocenters. The monoisotopic (exact) mass is 182 g/mol. The molecule has 1 aliphatic carbocycles. The summed E-state index contributed by atoms with van der Waals surface area (Å²) in [5.41, 5.74) is 1.08. The minimum atomic E-state index is -0.290. The van der Waals surface area contributed by atoms with E-state index in [9.17, 15) is 4.79 Å². The summed E-state index contributed by atoms with van der Waals surface area (Å²) in [6.07, 6.45) is 3.99. The molecule has 1 aliphatic rings. The van der Waals surface area contributed by atoms with Gasteiger partial charge in [0.2, 0.25) is 0 Å². The van der Waals surface area contributed by atoms with Gasteiger partial charge in [-0.05, 0) is 25.0 Å². The predicted octanol–water partition coefficient (Wildman–Crippen LogP) is 2.45. The summed E-state index contributed by atoms with van der Waals surface area (Å²) in [7, 11) is 0. The van der Waals surface area contributed by atoms with E-state index in [2.05, 4.69) is 0 Å². The minimum absolute atomic E-state index is 0.290. The van der Waals surface area contributed by atoms with E-state index in [-0.39, 0.29) is 5.97 Å². The van der Waals surface area contributed by atoms with Crippen LogP contribution < -0.4 is 0 Å². The van der Waals surface area contributed by atoms with E-state index < -0.39 is 0 Å². The second kappa shape index (κ2) is 4.12. The number of rotatable bonds is 4. The topological polar surface area (TPSA) is 46.5 Å². The van der Waals surface area contributed by atoms with Gasteiger partial charge < -0.3 is 9.84 Å². The molecular formula is C10H14O3. The Kier molecular flexibility index (Phi) is 3.12. The lowest BCUT2D eigenvalue weighted by molar-refractivity contribution is -0.137. The SMILES string of the molecule is C/C=C(/CCC1=C(O)C1)OC(C)=O. The summed E-state index contributed by atoms with van der Waals surface area (Å²) < 4.78 is 4.93. The summed E-state index contributed by atoms with van der Waals surface area (Å²) in [6, 6.07) is 0. The molecule has 0 aromatic rings. The Labute approximate surface area is 77.7 Å². The second-order valence-electron chi connectivity index (χ2n) is 3.08. The molecule has 0 aliphatic heterocycles. The van der Waals surface area contributed by atoms with Crippen LogP contribution in [0.3, 0.4) is 0 Å². The Morgan fingerprint density at radius 3 is 2.69 bits per heavy atom. The maximum Gasteiger partial charge on any atom is 0.307 e. The Bertz CT molecular complexity index is 274. The maximum absolute atomic E-state index is 10.6. The maximum atomic E-state index is 10.6. The van der Waals surface area contributed by atoms with Crippen molar-refractivity contribution in [2.24, 2.45) is 0 Å². The van der Waals surface area contributed by atoms with Gasteiger partial charge in [0.05, 0.1) is 5.76 Å². The fraction of sp³-hybridized carbons (Fsp3) is 0.500. The van der Waals surface area contributed by atoms with Gasteiger partial charge in [-0.25, -0.2) is 0 Å². The van der Waals surface area contributed by atoms with E-state index >= 15 is 0 Å². The number of carbonyl (C=O) groups excluding carboxylic acids is 1. The van der Waals surface area contributed by atoms with Crippen LogP contribution >= 0.6 is 0 Å². The number of hydrogen-bond acceptors (Lipinski definition) is 3. The van der Waals surface area contributed by atoms with Crippen LogP contribution in [0.25, 0.3) is 0 Å². The smallest absolute Gasteiger partial charge is 0.307 e. The first kappa shape index (κ1) is 9.84. The highest BCUT2D eigenvalue weighted by molar-refractivity contribution is 5.67. The molecule has 1 N–H and O–H groups in total. The molecule has 0 bridgehead atoms. The molecule has 0 fully saturated rings. The molecule has 3 nitrogen and oxygen atoms in total. The number of aliphatic hydroxyl groups excluding tert-OH is 1. The molecule has 0 saturated carbocycles. The minimum Gasteiger partial charge on any atom is -0.512 e. The highest BCUT2D eigenvalue weighted by Crippen LogP contribution is 2.32. The third-order valence-corrected chi connectivity index (χ3v) is 1.93. The first-order valence-corrected chi connectivity index (χ1v) is 4.37. The van der Waals surface area contributed by atoms with Gasteiger partial charge in [-0.15, -0.1) is 0 Å². The molecule has 0 aromatic heterocycles. The number of aliphatic hydroxyl groups is 1. The standard InChI is InChI=1S/C10H14O3/c1-3-9(13-7(2)11)5-4-8-6-10(8)12/h3,12H,4-6H2,1-2H3/b9-3-. The molecule has 0 spiro atoms. The zero-order valence-electron chi connectivity index (χ0n) is 7.96. The van der Waals surface area contributed by atoms with Crippen molar-refractivity contribution in [3.8, 4) is 0 Å². The van der Waals surface area contributed by atoms with Crippen molar-refractivity contribution < 1.29 is 14.6 Å². The molecule has 0 saturated heterocycles. The van der Waals surface area contributed by atoms with E-state index in [1.807, 2.05) is 6.92 Å². The van der Waals surface area contributed by atoms with Gasteiger partial charge in [0, 0.05) is 19.8 Å². The Balaban J connectivity index is 2.29. The first-order chi connectivity index (χ1) is 6.13. The van der Waals surface area contributed by atoms with Crippen molar-refractivity contribution >= 4 is 5.97 Å². The van der Waals surface area contributed by atoms with Gasteiger partial charge in [0.1, 0.15) is 5.76 Å². The van der Waals surface area contributed by atoms with Gasteiger partial charge in [-0.2, -0.15) is 0 Å². The number of ether oxygens (including phenoxy) is 1. The van der Waals surface area contributed by atoms with Gasteiger partial charge in [-0.3, -0.25) is 4.79 Å². The first-order valence-electron chi connectivity index (χ1n) is 4.37. The van der Waals surface area contributed by atoms with Gasteiger partial charge in [0.25, 0.3) is 0 Å². The van der Waals surface area contributed by atoms with Crippen molar-refractivity contribution in [1.29, 1.82) is 0 Å². The third kappa shape index (κ3) is 3.32. The number of esters is 1. The zero-order valence-corrected chi connectivity index (χ0v) is 7.96. The van der Waals surface area contributed by atoms with Crippen molar-refractivity contribution in [3.05, 3.63) is 23.2 Å². The number of allylic oxidation sites excluding steroid dienone is 4. The third-order valence-electron chi connectivity index (χ3n) is 1.93. The average molecular weight is 182 g/mol. The number of hydrogen-bond donors (Lipinski definition) is 1. The van der Waals surface area contributed by atoms with Crippen LogP contribution in [0, 0.1) is 0 Å². The molecule has 1 rings (SSSR count). The molecule has 13 heavy (non-hydrogen) atoms. The fourth-order valence-electron chi connectivity index (χ4n) is 1.10. The van der Waals surface area contributed by atoms with Crippen LogP contribution in [-0.2, 0) is 9.53 Å². The van der Waals surface area contributed by atoms with E-state index in [4.69, 9.17) is 9.84 Å². The lowest BCUT2D eigenvalue weighted by atomic mass is 10.2. The zero-order chi connectivity index (χ0) is 9.84. The van der Waals surface area contributed by atoms with E-state index in [0.29, 0.717) is 17.9 Å². The average Bonchev–Trinajstić information content (AvgIpc) is 2.75. The highest BCUT2D eigenvalue weighted by Gasteiger charge is 2.20. The Morgan fingerprint density at radius 2 is 2.31 bits per heavy atom. The lowest BCUT2D eigenvalue weighted by Gasteiger charge is -2.03. The highest BCUT2D eigenvalue weighted by atomic mass is 16.5. The van der Waals surface area contributed by atoms with Crippen molar-refractivity contribution in [3.63, 3.8) is 0 Å². The van der Waals surface area contributed by atoms with E-state index in [1.165, 1.54) is 6.92 Å². The molecule has 0 heterocycles. The summed E-state index contributed by atoms with van der Waals surface area (Å²) in [5, 5.41) is 8.95. The second-order valence-corrected chi connectivity index (χ2v) is 3.08. The quantitative estimate of drug-likeness (QED) is 0.536. The summed E-state index contributed by atoms with van der Waals surface area (Å²) in [5.74, 6) is 0.889. The molecule has 0 amide bonds. The normalized spacial score (nSPS) is 16.0. The number of carbonyl (C=O) groups is 1. The van der Waals surface area contributed by atoms with E-state index in [1.54, 1.807) is 6.08 Å². The molecule has 72 valence electrons. The van der Waals surface area contributed by atoms with Gasteiger partial charge in [-0.1, -0.05) is 0 Å². The Hall–Kier alpha value is -1.25. The molecule has 0 atom stereocenters. The molecule has 3 heteroatoms. The van der Waals surface area contributed by atoms with Gasteiger partial charge in [0.15, 0.2) is 0 Å². The molecular weight excluding hydrogens is 168 g/mol.